The van der Waals surface area contributed by atoms with Gasteiger partial charge in [0.05, 0.1) is 38.8 Å². The van der Waals surface area contributed by atoms with Gasteiger partial charge in [-0.05, 0) is 18.9 Å². The predicted molar refractivity (Wildman–Crippen MR) is 116 cm³/mol. The van der Waals surface area contributed by atoms with Gasteiger partial charge in [-0.3, -0.25) is 0 Å². The number of methoxy groups -OCH3 is 3. The monoisotopic (exact) mass is 427 g/mol. The molecule has 1 fully saturated rings. The summed E-state index contributed by atoms with van der Waals surface area (Å²) >= 11 is 0. The van der Waals surface area contributed by atoms with E-state index in [1.165, 1.54) is 0 Å². The minimum Gasteiger partial charge on any atom is -0.493 e. The highest BCUT2D eigenvalue weighted by Gasteiger charge is 2.30. The number of benzene rings is 1. The van der Waals surface area contributed by atoms with Crippen molar-refractivity contribution in [2.24, 2.45) is 0 Å². The molecule has 0 aliphatic carbocycles. The summed E-state index contributed by atoms with van der Waals surface area (Å²) in [5.74, 6) is 4.02. The Balaban J connectivity index is 1.72. The molecule has 0 saturated carbocycles. The number of nitrogens with zero attached hydrogens (tertiary/aromatic N) is 5. The molecular weight excluding hydrogens is 398 g/mol. The van der Waals surface area contributed by atoms with E-state index in [0.29, 0.717) is 23.1 Å². The summed E-state index contributed by atoms with van der Waals surface area (Å²) < 4.78 is 22.3. The average Bonchev–Trinajstić information content (AvgIpc) is 3.28. The van der Waals surface area contributed by atoms with E-state index >= 15 is 0 Å². The van der Waals surface area contributed by atoms with E-state index in [-0.39, 0.29) is 11.3 Å². The second kappa shape index (κ2) is 8.20. The van der Waals surface area contributed by atoms with Crippen LogP contribution in [-0.4, -0.2) is 54.8 Å². The molecule has 31 heavy (non-hydrogen) atoms. The summed E-state index contributed by atoms with van der Waals surface area (Å²) in [4.78, 5) is 6.89. The lowest BCUT2D eigenvalue weighted by molar-refractivity contribution is 0.325. The van der Waals surface area contributed by atoms with Crippen molar-refractivity contribution in [2.75, 3.05) is 39.3 Å². The molecule has 3 heterocycles. The molecule has 1 unspecified atom stereocenters. The number of rotatable bonds is 5. The van der Waals surface area contributed by atoms with Crippen LogP contribution in [0.3, 0.4) is 0 Å². The summed E-state index contributed by atoms with van der Waals surface area (Å²) in [7, 11) is 4.81. The molecule has 2 aromatic heterocycles. The zero-order chi connectivity index (χ0) is 22.2. The van der Waals surface area contributed by atoms with Crippen LogP contribution in [0.2, 0.25) is 0 Å². The number of piperidine rings is 1. The normalized spacial score (nSPS) is 17.1. The number of ether oxygens (including phenoxy) is 3. The second-order valence-corrected chi connectivity index (χ2v) is 8.77. The molecule has 1 atom stereocenters. The van der Waals surface area contributed by atoms with Crippen LogP contribution in [0.15, 0.2) is 16.8 Å². The van der Waals surface area contributed by atoms with Crippen LogP contribution >= 0.6 is 0 Å². The molecule has 1 saturated heterocycles. The van der Waals surface area contributed by atoms with Gasteiger partial charge in [-0.15, -0.1) is 5.10 Å². The van der Waals surface area contributed by atoms with E-state index in [1.807, 2.05) is 6.07 Å². The van der Waals surface area contributed by atoms with Crippen molar-refractivity contribution in [3.63, 3.8) is 0 Å². The molecule has 0 amide bonds. The van der Waals surface area contributed by atoms with Gasteiger partial charge in [0.15, 0.2) is 23.1 Å². The van der Waals surface area contributed by atoms with Crippen LogP contribution in [0.1, 0.15) is 51.2 Å². The third-order valence-electron chi connectivity index (χ3n) is 5.63. The maximum atomic E-state index is 5.63. The maximum Gasteiger partial charge on any atom is 0.231 e. The third-order valence-corrected chi connectivity index (χ3v) is 5.63. The zero-order valence-electron chi connectivity index (χ0n) is 18.9. The number of hydrogen-bond acceptors (Lipinski definition) is 9. The quantitative estimate of drug-likeness (QED) is 0.603. The van der Waals surface area contributed by atoms with Crippen molar-refractivity contribution in [1.82, 2.24) is 20.3 Å². The van der Waals surface area contributed by atoms with E-state index in [0.717, 1.165) is 48.3 Å². The van der Waals surface area contributed by atoms with Gasteiger partial charge in [-0.1, -0.05) is 25.9 Å². The third kappa shape index (κ3) is 3.84. The molecule has 1 aromatic carbocycles. The first-order valence-electron chi connectivity index (χ1n) is 10.4. The zero-order valence-corrected chi connectivity index (χ0v) is 18.9. The Labute approximate surface area is 181 Å². The topological polar surface area (TPSA) is 95.6 Å². The van der Waals surface area contributed by atoms with Crippen molar-refractivity contribution in [2.45, 2.75) is 44.9 Å². The first-order chi connectivity index (χ1) is 14.9. The first kappa shape index (κ1) is 21.1. The lowest BCUT2D eigenvalue weighted by Gasteiger charge is -2.32. The van der Waals surface area contributed by atoms with E-state index in [9.17, 15) is 0 Å². The number of anilines is 1. The molecule has 0 N–H and O–H groups in total. The Morgan fingerprint density at radius 1 is 1.06 bits per heavy atom. The maximum absolute atomic E-state index is 5.63. The molecule has 0 spiro atoms. The summed E-state index contributed by atoms with van der Waals surface area (Å²) in [6, 6.07) is 1.93. The van der Waals surface area contributed by atoms with E-state index in [4.69, 9.17) is 18.7 Å². The van der Waals surface area contributed by atoms with Crippen LogP contribution in [0.5, 0.6) is 17.2 Å². The molecule has 4 rings (SSSR count). The Bertz CT molecular complexity index is 1080. The Kier molecular flexibility index (Phi) is 5.60. The van der Waals surface area contributed by atoms with E-state index < -0.39 is 0 Å². The Hall–Kier alpha value is -3.10. The lowest BCUT2D eigenvalue weighted by atomic mass is 9.95. The fourth-order valence-corrected chi connectivity index (χ4v) is 4.00. The standard InChI is InChI=1S/C22H29N5O4/c1-22(2,3)21-24-20(31-26-21)13-8-7-9-27(12-13)19-14-10-16(28-4)18(30-6)17(29-5)15(14)11-23-25-19/h10-11,13H,7-9,12H2,1-6H3. The average molecular weight is 428 g/mol. The summed E-state index contributed by atoms with van der Waals surface area (Å²) in [6.07, 6.45) is 3.66. The fraction of sp³-hybridized carbons (Fsp3) is 0.545. The van der Waals surface area contributed by atoms with Crippen LogP contribution in [0.4, 0.5) is 5.82 Å². The molecule has 3 aromatic rings. The molecule has 0 radical (unpaired) electrons. The molecule has 166 valence electrons. The van der Waals surface area contributed by atoms with Crippen molar-refractivity contribution in [1.29, 1.82) is 0 Å². The largest absolute Gasteiger partial charge is 0.493 e. The van der Waals surface area contributed by atoms with Crippen LogP contribution in [0, 0.1) is 0 Å². The fourth-order valence-electron chi connectivity index (χ4n) is 4.00. The summed E-state index contributed by atoms with van der Waals surface area (Å²) in [5.41, 5.74) is -0.149. The van der Waals surface area contributed by atoms with E-state index in [1.54, 1.807) is 27.5 Å². The van der Waals surface area contributed by atoms with Gasteiger partial charge in [0, 0.05) is 23.9 Å². The minimum absolute atomic E-state index is 0.136. The number of aromatic nitrogens is 4. The summed E-state index contributed by atoms with van der Waals surface area (Å²) in [6.45, 7) is 7.82. The molecule has 1 aliphatic heterocycles. The van der Waals surface area contributed by atoms with Crippen molar-refractivity contribution in [3.05, 3.63) is 24.0 Å². The van der Waals surface area contributed by atoms with Gasteiger partial charge in [-0.2, -0.15) is 10.1 Å². The highest BCUT2D eigenvalue weighted by molar-refractivity contribution is 5.99. The van der Waals surface area contributed by atoms with Crippen LogP contribution in [-0.2, 0) is 5.41 Å². The predicted octanol–water partition coefficient (Wildman–Crippen LogP) is 3.72. The smallest absolute Gasteiger partial charge is 0.231 e. The SMILES string of the molecule is COc1cc2c(N3CCCC(c4nc(C(C)(C)C)no4)C3)nncc2c(OC)c1OC. The first-order valence-corrected chi connectivity index (χ1v) is 10.4. The molecule has 0 bridgehead atoms. The van der Waals surface area contributed by atoms with Gasteiger partial charge in [-0.25, -0.2) is 0 Å². The number of hydrogen-bond donors (Lipinski definition) is 0. The van der Waals surface area contributed by atoms with Crippen LogP contribution < -0.4 is 19.1 Å². The minimum atomic E-state index is -0.149. The van der Waals surface area contributed by atoms with Gasteiger partial charge in [0.2, 0.25) is 11.6 Å². The molecule has 9 nitrogen and oxygen atoms in total. The van der Waals surface area contributed by atoms with Gasteiger partial charge in [0.1, 0.15) is 0 Å². The Morgan fingerprint density at radius 2 is 1.84 bits per heavy atom. The lowest BCUT2D eigenvalue weighted by Crippen LogP contribution is -2.35. The van der Waals surface area contributed by atoms with E-state index in [2.05, 4.69) is 46.0 Å². The van der Waals surface area contributed by atoms with Crippen molar-refractivity contribution < 1.29 is 18.7 Å². The van der Waals surface area contributed by atoms with Gasteiger partial charge >= 0.3 is 0 Å². The van der Waals surface area contributed by atoms with Crippen molar-refractivity contribution in [3.8, 4) is 17.2 Å². The Morgan fingerprint density at radius 3 is 2.48 bits per heavy atom. The molecule has 9 heteroatoms. The summed E-state index contributed by atoms with van der Waals surface area (Å²) in [5, 5.41) is 14.6. The van der Waals surface area contributed by atoms with Gasteiger partial charge < -0.3 is 23.6 Å². The van der Waals surface area contributed by atoms with Crippen LogP contribution in [0.25, 0.3) is 10.8 Å². The highest BCUT2D eigenvalue weighted by Crippen LogP contribution is 2.45. The highest BCUT2D eigenvalue weighted by atomic mass is 16.5. The second-order valence-electron chi connectivity index (χ2n) is 8.77. The molecular formula is C22H29N5O4. The number of fused-ring (bicyclic) bond motifs is 1. The van der Waals surface area contributed by atoms with Crippen molar-refractivity contribution >= 4 is 16.6 Å². The molecule has 1 aliphatic rings. The van der Waals surface area contributed by atoms with Gasteiger partial charge in [0.25, 0.3) is 0 Å².